The number of hydrogen-bond donors (Lipinski definition) is 1. The molecule has 108 valence electrons. The minimum atomic E-state index is -3.31. The Morgan fingerprint density at radius 1 is 1.20 bits per heavy atom. The summed E-state index contributed by atoms with van der Waals surface area (Å²) in [5.41, 5.74) is 2.22. The van der Waals surface area contributed by atoms with Gasteiger partial charge in [-0.3, -0.25) is 0 Å². The minimum Gasteiger partial charge on any atom is -0.384 e. The Bertz CT molecular complexity index is 633. The molecule has 5 heteroatoms. The van der Waals surface area contributed by atoms with E-state index in [1.165, 1.54) is 12.8 Å². The van der Waals surface area contributed by atoms with E-state index in [4.69, 9.17) is 0 Å². The molecule has 1 N–H and O–H groups in total. The van der Waals surface area contributed by atoms with Crippen LogP contribution >= 0.6 is 0 Å². The lowest BCUT2D eigenvalue weighted by Crippen LogP contribution is -2.35. The molecule has 0 amide bonds. The van der Waals surface area contributed by atoms with Gasteiger partial charge in [-0.1, -0.05) is 0 Å². The third-order valence-electron chi connectivity index (χ3n) is 4.48. The molecule has 1 heterocycles. The van der Waals surface area contributed by atoms with Gasteiger partial charge in [0.05, 0.1) is 4.90 Å². The van der Waals surface area contributed by atoms with Gasteiger partial charge in [-0.2, -0.15) is 4.31 Å². The summed E-state index contributed by atoms with van der Waals surface area (Å²) in [7, 11) is -3.31. The summed E-state index contributed by atoms with van der Waals surface area (Å²) in [5, 5.41) is 3.28. The van der Waals surface area contributed by atoms with E-state index in [0.29, 0.717) is 10.8 Å². The van der Waals surface area contributed by atoms with Gasteiger partial charge in [0.15, 0.2) is 0 Å². The highest BCUT2D eigenvalue weighted by atomic mass is 32.2. The Balaban J connectivity index is 1.67. The molecular weight excluding hydrogens is 272 g/mol. The van der Waals surface area contributed by atoms with Gasteiger partial charge in [0, 0.05) is 24.8 Å². The molecule has 0 saturated heterocycles. The van der Waals surface area contributed by atoms with Crippen molar-refractivity contribution in [3.8, 4) is 0 Å². The Hall–Kier alpha value is -1.07. The molecule has 0 bridgehead atoms. The number of nitrogens with zero attached hydrogens (tertiary/aromatic N) is 1. The molecule has 2 saturated carbocycles. The van der Waals surface area contributed by atoms with Crippen molar-refractivity contribution in [3.63, 3.8) is 0 Å². The van der Waals surface area contributed by atoms with E-state index in [0.717, 1.165) is 43.6 Å². The average molecular weight is 292 g/mol. The molecule has 0 aromatic heterocycles. The lowest BCUT2D eigenvalue weighted by atomic mass is 10.2. The number of anilines is 1. The molecule has 0 radical (unpaired) electrons. The van der Waals surface area contributed by atoms with Crippen LogP contribution in [0, 0.1) is 5.92 Å². The van der Waals surface area contributed by atoms with Crippen molar-refractivity contribution in [2.24, 2.45) is 5.92 Å². The summed E-state index contributed by atoms with van der Waals surface area (Å²) >= 11 is 0. The second-order valence-electron chi connectivity index (χ2n) is 6.25. The molecule has 4 nitrogen and oxygen atoms in total. The quantitative estimate of drug-likeness (QED) is 0.905. The zero-order chi connectivity index (χ0) is 13.7. The molecular formula is C15H20N2O2S. The third-order valence-corrected chi connectivity index (χ3v) is 6.40. The van der Waals surface area contributed by atoms with Crippen LogP contribution in [0.3, 0.4) is 0 Å². The molecule has 1 aromatic rings. The van der Waals surface area contributed by atoms with E-state index < -0.39 is 10.0 Å². The van der Waals surface area contributed by atoms with Gasteiger partial charge in [-0.15, -0.1) is 0 Å². The van der Waals surface area contributed by atoms with E-state index in [2.05, 4.69) is 5.32 Å². The Labute approximate surface area is 120 Å². The third kappa shape index (κ3) is 2.23. The summed E-state index contributed by atoms with van der Waals surface area (Å²) in [5.74, 6) is 0.599. The van der Waals surface area contributed by atoms with Crippen LogP contribution in [0.1, 0.15) is 31.2 Å². The Kier molecular flexibility index (Phi) is 2.82. The largest absolute Gasteiger partial charge is 0.384 e. The van der Waals surface area contributed by atoms with Gasteiger partial charge in [0.1, 0.15) is 0 Å². The summed E-state index contributed by atoms with van der Waals surface area (Å²) < 4.78 is 27.5. The topological polar surface area (TPSA) is 49.4 Å². The zero-order valence-corrected chi connectivity index (χ0v) is 12.3. The van der Waals surface area contributed by atoms with E-state index in [9.17, 15) is 8.42 Å². The first-order valence-electron chi connectivity index (χ1n) is 7.53. The second-order valence-corrected chi connectivity index (χ2v) is 8.14. The van der Waals surface area contributed by atoms with Gasteiger partial charge >= 0.3 is 0 Å². The predicted octanol–water partition coefficient (Wildman–Crippen LogP) is 2.22. The van der Waals surface area contributed by atoms with Crippen LogP contribution in [0.25, 0.3) is 0 Å². The van der Waals surface area contributed by atoms with Gasteiger partial charge in [0.25, 0.3) is 0 Å². The second kappa shape index (κ2) is 4.46. The minimum absolute atomic E-state index is 0.256. The number of fused-ring (bicyclic) bond motifs is 1. The van der Waals surface area contributed by atoms with Crippen molar-refractivity contribution in [1.29, 1.82) is 0 Å². The molecule has 20 heavy (non-hydrogen) atoms. The van der Waals surface area contributed by atoms with Crippen LogP contribution in [0.4, 0.5) is 5.69 Å². The Morgan fingerprint density at radius 3 is 2.70 bits per heavy atom. The molecule has 0 unspecified atom stereocenters. The fraction of sp³-hybridized carbons (Fsp3) is 0.600. The molecule has 4 rings (SSSR count). The van der Waals surface area contributed by atoms with Crippen LogP contribution in [-0.2, 0) is 16.4 Å². The molecule has 3 aliphatic rings. The first kappa shape index (κ1) is 12.7. The normalized spacial score (nSPS) is 21.9. The molecule has 0 spiro atoms. The fourth-order valence-electron chi connectivity index (χ4n) is 2.94. The number of rotatable bonds is 5. The van der Waals surface area contributed by atoms with Crippen LogP contribution in [0.5, 0.6) is 0 Å². The van der Waals surface area contributed by atoms with Crippen molar-refractivity contribution in [2.75, 3.05) is 18.4 Å². The standard InChI is InChI=1S/C15H20N2O2S/c18-20(19,17(13-3-4-13)10-11-1-2-11)14-5-6-15-12(9-14)7-8-16-15/h5-6,9,11,13,16H,1-4,7-8,10H2. The first-order valence-corrected chi connectivity index (χ1v) is 8.97. The van der Waals surface area contributed by atoms with Crippen LogP contribution < -0.4 is 5.32 Å². The average Bonchev–Trinajstić information content (AvgIpc) is 3.33. The van der Waals surface area contributed by atoms with Crippen LogP contribution in [-0.4, -0.2) is 31.9 Å². The Morgan fingerprint density at radius 2 is 2.00 bits per heavy atom. The van der Waals surface area contributed by atoms with Crippen molar-refractivity contribution < 1.29 is 8.42 Å². The molecule has 2 fully saturated rings. The molecule has 1 aliphatic heterocycles. The molecule has 2 aliphatic carbocycles. The summed E-state index contributed by atoms with van der Waals surface area (Å²) in [4.78, 5) is 0.479. The van der Waals surface area contributed by atoms with Crippen molar-refractivity contribution in [1.82, 2.24) is 4.31 Å². The lowest BCUT2D eigenvalue weighted by molar-refractivity contribution is 0.389. The molecule has 0 atom stereocenters. The maximum atomic E-state index is 12.9. The smallest absolute Gasteiger partial charge is 0.243 e. The number of benzene rings is 1. The fourth-order valence-corrected chi connectivity index (χ4v) is 4.75. The van der Waals surface area contributed by atoms with Crippen molar-refractivity contribution >= 4 is 15.7 Å². The van der Waals surface area contributed by atoms with Gasteiger partial charge in [0.2, 0.25) is 10.0 Å². The summed E-state index contributed by atoms with van der Waals surface area (Å²) in [6.07, 6.45) is 5.35. The first-order chi connectivity index (χ1) is 9.64. The van der Waals surface area contributed by atoms with Crippen molar-refractivity contribution in [3.05, 3.63) is 23.8 Å². The summed E-state index contributed by atoms with van der Waals surface area (Å²) in [6.45, 7) is 1.63. The van der Waals surface area contributed by atoms with Crippen LogP contribution in [0.15, 0.2) is 23.1 Å². The number of nitrogens with one attached hydrogen (secondary N) is 1. The molecule has 1 aromatic carbocycles. The van der Waals surface area contributed by atoms with Gasteiger partial charge in [-0.05, 0) is 61.8 Å². The monoisotopic (exact) mass is 292 g/mol. The van der Waals surface area contributed by atoms with Gasteiger partial charge in [-0.25, -0.2) is 8.42 Å². The highest BCUT2D eigenvalue weighted by Crippen LogP contribution is 2.38. The highest BCUT2D eigenvalue weighted by Gasteiger charge is 2.41. The number of sulfonamides is 1. The van der Waals surface area contributed by atoms with E-state index >= 15 is 0 Å². The van der Waals surface area contributed by atoms with Gasteiger partial charge < -0.3 is 5.32 Å². The zero-order valence-electron chi connectivity index (χ0n) is 11.5. The van der Waals surface area contributed by atoms with E-state index in [1.54, 1.807) is 10.4 Å². The maximum absolute atomic E-state index is 12.9. The van der Waals surface area contributed by atoms with E-state index in [-0.39, 0.29) is 6.04 Å². The summed E-state index contributed by atoms with van der Waals surface area (Å²) in [6, 6.07) is 5.80. The number of hydrogen-bond acceptors (Lipinski definition) is 3. The highest BCUT2D eigenvalue weighted by molar-refractivity contribution is 7.89. The van der Waals surface area contributed by atoms with Crippen molar-refractivity contribution in [2.45, 2.75) is 43.0 Å². The van der Waals surface area contributed by atoms with Crippen LogP contribution in [0.2, 0.25) is 0 Å². The SMILES string of the molecule is O=S(=O)(c1ccc2c(c1)CCN2)N(CC1CC1)C1CC1. The predicted molar refractivity (Wildman–Crippen MR) is 78.3 cm³/mol. The van der Waals surface area contributed by atoms with E-state index in [1.807, 2.05) is 12.1 Å². The lowest BCUT2D eigenvalue weighted by Gasteiger charge is -2.22. The maximum Gasteiger partial charge on any atom is 0.243 e.